The van der Waals surface area contributed by atoms with Crippen molar-refractivity contribution in [3.63, 3.8) is 0 Å². The van der Waals surface area contributed by atoms with Crippen LogP contribution in [-0.4, -0.2) is 42.9 Å². The third-order valence-corrected chi connectivity index (χ3v) is 6.96. The number of H-pyrrole nitrogens is 1. The Morgan fingerprint density at radius 1 is 1.03 bits per heavy atom. The number of imidazole rings is 1. The molecule has 0 amide bonds. The highest BCUT2D eigenvalue weighted by Gasteiger charge is 2.19. The van der Waals surface area contributed by atoms with Crippen LogP contribution < -0.4 is 15.7 Å². The number of aromatic nitrogens is 3. The first-order valence-electron chi connectivity index (χ1n) is 12.4. The van der Waals surface area contributed by atoms with Gasteiger partial charge in [-0.05, 0) is 47.0 Å². The van der Waals surface area contributed by atoms with Gasteiger partial charge in [0.05, 0.1) is 11.0 Å². The Labute approximate surface area is 218 Å². The van der Waals surface area contributed by atoms with E-state index in [4.69, 9.17) is 4.74 Å². The standard InChI is InChI=1S/C29H30N4O5/c1-32-25-12-9-19(14-26(25)33(2)29(32)37)27(34)17-38-21-10-7-18(8-11-21)15-30-24(28(35)36)13-20-16-31-23-6-4-3-5-22(20)23/h3-12,14,16,24,27,30-31,34H,13,15,17H2,1-2H3,(H,35,36)/t24-,27+/m1/s1. The molecule has 0 unspecified atom stereocenters. The van der Waals surface area contributed by atoms with Crippen molar-refractivity contribution in [1.82, 2.24) is 19.4 Å². The van der Waals surface area contributed by atoms with Crippen molar-refractivity contribution in [2.45, 2.75) is 25.1 Å². The molecule has 0 radical (unpaired) electrons. The molecule has 38 heavy (non-hydrogen) atoms. The van der Waals surface area contributed by atoms with Gasteiger partial charge in [0, 0.05) is 44.2 Å². The van der Waals surface area contributed by atoms with Gasteiger partial charge in [-0.15, -0.1) is 0 Å². The van der Waals surface area contributed by atoms with E-state index in [1.54, 1.807) is 47.5 Å². The minimum Gasteiger partial charge on any atom is -0.491 e. The lowest BCUT2D eigenvalue weighted by Gasteiger charge is -2.15. The van der Waals surface area contributed by atoms with E-state index in [2.05, 4.69) is 10.3 Å². The van der Waals surface area contributed by atoms with Gasteiger partial charge in [-0.3, -0.25) is 13.9 Å². The van der Waals surface area contributed by atoms with Gasteiger partial charge in [0.15, 0.2) is 0 Å². The molecule has 2 atom stereocenters. The van der Waals surface area contributed by atoms with E-state index in [-0.39, 0.29) is 12.3 Å². The van der Waals surface area contributed by atoms with E-state index >= 15 is 0 Å². The number of nitrogens with zero attached hydrogens (tertiary/aromatic N) is 2. The Kier molecular flexibility index (Phi) is 7.04. The molecule has 0 saturated carbocycles. The van der Waals surface area contributed by atoms with Crippen LogP contribution in [0.4, 0.5) is 0 Å². The fraction of sp³-hybridized carbons (Fsp3) is 0.241. The number of aryl methyl sites for hydroxylation is 2. The van der Waals surface area contributed by atoms with Crippen molar-refractivity contribution in [3.8, 4) is 5.75 Å². The molecule has 5 rings (SSSR count). The van der Waals surface area contributed by atoms with Gasteiger partial charge in [0.25, 0.3) is 0 Å². The minimum atomic E-state index is -0.905. The van der Waals surface area contributed by atoms with Gasteiger partial charge in [0.1, 0.15) is 24.5 Å². The molecule has 9 heteroatoms. The number of carbonyl (C=O) groups is 1. The lowest BCUT2D eigenvalue weighted by atomic mass is 10.0. The van der Waals surface area contributed by atoms with Crippen LogP contribution in [-0.2, 0) is 31.9 Å². The summed E-state index contributed by atoms with van der Waals surface area (Å²) in [4.78, 5) is 27.2. The van der Waals surface area contributed by atoms with Crippen LogP contribution in [0.1, 0.15) is 22.8 Å². The van der Waals surface area contributed by atoms with Crippen LogP contribution in [0.2, 0.25) is 0 Å². The monoisotopic (exact) mass is 514 g/mol. The normalized spacial score (nSPS) is 13.1. The number of ether oxygens (including phenoxy) is 1. The second-order valence-electron chi connectivity index (χ2n) is 9.45. The first kappa shape index (κ1) is 25.3. The molecule has 0 aliphatic carbocycles. The van der Waals surface area contributed by atoms with Crippen molar-refractivity contribution >= 4 is 27.9 Å². The molecule has 2 aromatic heterocycles. The van der Waals surface area contributed by atoms with Gasteiger partial charge in [-0.2, -0.15) is 0 Å². The van der Waals surface area contributed by atoms with Crippen LogP contribution in [0.5, 0.6) is 5.75 Å². The molecule has 2 heterocycles. The maximum absolute atomic E-state index is 12.1. The van der Waals surface area contributed by atoms with Crippen molar-refractivity contribution in [3.05, 3.63) is 100 Å². The smallest absolute Gasteiger partial charge is 0.328 e. The molecule has 0 bridgehead atoms. The summed E-state index contributed by atoms with van der Waals surface area (Å²) in [5, 5.41) is 24.5. The maximum Gasteiger partial charge on any atom is 0.328 e. The topological polar surface area (TPSA) is 122 Å². The molecule has 0 aliphatic rings. The molecular weight excluding hydrogens is 484 g/mol. The first-order chi connectivity index (χ1) is 18.3. The lowest BCUT2D eigenvalue weighted by molar-refractivity contribution is -0.139. The number of aliphatic carboxylic acids is 1. The lowest BCUT2D eigenvalue weighted by Crippen LogP contribution is -2.38. The van der Waals surface area contributed by atoms with Gasteiger partial charge >= 0.3 is 11.7 Å². The first-order valence-corrected chi connectivity index (χ1v) is 12.4. The zero-order valence-electron chi connectivity index (χ0n) is 21.2. The Balaban J connectivity index is 1.17. The summed E-state index contributed by atoms with van der Waals surface area (Å²) < 4.78 is 8.90. The molecule has 4 N–H and O–H groups in total. The summed E-state index contributed by atoms with van der Waals surface area (Å²) in [5.41, 5.74) is 4.94. The van der Waals surface area contributed by atoms with Gasteiger partial charge < -0.3 is 25.3 Å². The summed E-state index contributed by atoms with van der Waals surface area (Å²) >= 11 is 0. The number of aliphatic hydroxyl groups is 1. The Morgan fingerprint density at radius 2 is 1.76 bits per heavy atom. The Bertz CT molecular complexity index is 1650. The molecule has 5 aromatic rings. The van der Waals surface area contributed by atoms with E-state index in [0.717, 1.165) is 33.1 Å². The number of carboxylic acid groups (broad SMARTS) is 1. The van der Waals surface area contributed by atoms with E-state index in [9.17, 15) is 19.8 Å². The number of hydrogen-bond donors (Lipinski definition) is 4. The van der Waals surface area contributed by atoms with Gasteiger partial charge in [0.2, 0.25) is 0 Å². The highest BCUT2D eigenvalue weighted by atomic mass is 16.5. The molecule has 0 fully saturated rings. The summed E-state index contributed by atoms with van der Waals surface area (Å²) in [7, 11) is 3.42. The number of hydrogen-bond acceptors (Lipinski definition) is 5. The van der Waals surface area contributed by atoms with Gasteiger partial charge in [-0.25, -0.2) is 4.79 Å². The number of aliphatic hydroxyl groups excluding tert-OH is 1. The van der Waals surface area contributed by atoms with Gasteiger partial charge in [-0.1, -0.05) is 36.4 Å². The van der Waals surface area contributed by atoms with E-state index in [1.165, 1.54) is 0 Å². The average molecular weight is 515 g/mol. The van der Waals surface area contributed by atoms with Crippen molar-refractivity contribution in [2.75, 3.05) is 6.61 Å². The number of rotatable bonds is 10. The largest absolute Gasteiger partial charge is 0.491 e. The van der Waals surface area contributed by atoms with E-state index in [1.807, 2.05) is 48.7 Å². The quantitative estimate of drug-likeness (QED) is 0.227. The van der Waals surface area contributed by atoms with E-state index < -0.39 is 18.1 Å². The number of fused-ring (bicyclic) bond motifs is 2. The second-order valence-corrected chi connectivity index (χ2v) is 9.45. The minimum absolute atomic E-state index is 0.0512. The SMILES string of the molecule is Cn1c(=O)n(C)c2cc([C@@H](O)COc3ccc(CN[C@H](Cc4c[nH]c5ccccc45)C(=O)O)cc3)ccc21. The highest BCUT2D eigenvalue weighted by molar-refractivity contribution is 5.84. The highest BCUT2D eigenvalue weighted by Crippen LogP contribution is 2.22. The molecular formula is C29H30N4O5. The van der Waals surface area contributed by atoms with E-state index in [0.29, 0.717) is 24.3 Å². The van der Waals surface area contributed by atoms with Crippen LogP contribution in [0.15, 0.2) is 77.7 Å². The second kappa shape index (κ2) is 10.6. The number of carboxylic acids is 1. The fourth-order valence-electron chi connectivity index (χ4n) is 4.71. The molecule has 9 nitrogen and oxygen atoms in total. The van der Waals surface area contributed by atoms with Crippen molar-refractivity contribution in [2.24, 2.45) is 14.1 Å². The predicted molar refractivity (Wildman–Crippen MR) is 145 cm³/mol. The fourth-order valence-corrected chi connectivity index (χ4v) is 4.71. The summed E-state index contributed by atoms with van der Waals surface area (Å²) in [6.45, 7) is 0.438. The van der Waals surface area contributed by atoms with Crippen LogP contribution >= 0.6 is 0 Å². The predicted octanol–water partition coefficient (Wildman–Crippen LogP) is 3.26. The third-order valence-electron chi connectivity index (χ3n) is 6.96. The zero-order valence-corrected chi connectivity index (χ0v) is 21.2. The van der Waals surface area contributed by atoms with Crippen molar-refractivity contribution < 1.29 is 19.7 Å². The molecule has 0 spiro atoms. The van der Waals surface area contributed by atoms with Crippen molar-refractivity contribution in [1.29, 1.82) is 0 Å². The molecule has 3 aromatic carbocycles. The summed E-state index contributed by atoms with van der Waals surface area (Å²) in [5.74, 6) is -0.312. The van der Waals surface area contributed by atoms with Crippen LogP contribution in [0.3, 0.4) is 0 Å². The summed E-state index contributed by atoms with van der Waals surface area (Å²) in [6, 6.07) is 19.8. The molecule has 196 valence electrons. The van der Waals surface area contributed by atoms with Crippen LogP contribution in [0.25, 0.3) is 21.9 Å². The third kappa shape index (κ3) is 5.06. The molecule has 0 aliphatic heterocycles. The Morgan fingerprint density at radius 3 is 2.53 bits per heavy atom. The number of benzene rings is 3. The molecule has 0 saturated heterocycles. The number of para-hydroxylation sites is 1. The Hall–Kier alpha value is -4.34. The van der Waals surface area contributed by atoms with Crippen LogP contribution in [0, 0.1) is 0 Å². The number of aromatic amines is 1. The zero-order chi connectivity index (χ0) is 26.8. The summed E-state index contributed by atoms with van der Waals surface area (Å²) in [6.07, 6.45) is 1.36. The number of nitrogens with one attached hydrogen (secondary N) is 2. The average Bonchev–Trinajstić information content (AvgIpc) is 3.44. The maximum atomic E-state index is 12.1.